The van der Waals surface area contributed by atoms with Gasteiger partial charge in [0.25, 0.3) is 5.24 Å². The lowest BCUT2D eigenvalue weighted by atomic mass is 10.3. The number of hydrogen-bond acceptors (Lipinski definition) is 6. The van der Waals surface area contributed by atoms with Crippen LogP contribution in [0.4, 0.5) is 4.79 Å². The second-order valence-corrected chi connectivity index (χ2v) is 6.38. The Morgan fingerprint density at radius 1 is 1.00 bits per heavy atom. The number of nitrogens with one attached hydrogen (secondary N) is 2. The predicted octanol–water partition coefficient (Wildman–Crippen LogP) is -1.07. The van der Waals surface area contributed by atoms with Gasteiger partial charge in [-0.15, -0.1) is 0 Å². The Balaban J connectivity index is 1.56. The number of hydrogen-bond donors (Lipinski definition) is 2. The molecule has 2 aliphatic heterocycles. The fourth-order valence-electron chi connectivity index (χ4n) is 2.45. The smallest absolute Gasteiger partial charge is 0.309 e. The number of rotatable bonds is 7. The van der Waals surface area contributed by atoms with E-state index in [1.165, 1.54) is 0 Å². The molecule has 5 amide bonds. The number of nitrogens with zero attached hydrogens (tertiary/aromatic N) is 2. The first-order chi connectivity index (χ1) is 11.5. The molecule has 0 aromatic carbocycles. The Morgan fingerprint density at radius 2 is 1.71 bits per heavy atom. The summed E-state index contributed by atoms with van der Waals surface area (Å²) in [6.45, 7) is 1.71. The Hall–Kier alpha value is -2.10. The van der Waals surface area contributed by atoms with Gasteiger partial charge in [0.1, 0.15) is 0 Å². The second kappa shape index (κ2) is 8.67. The maximum atomic E-state index is 11.6. The summed E-state index contributed by atoms with van der Waals surface area (Å²) in [5.74, 6) is -1.62. The highest BCUT2D eigenvalue weighted by molar-refractivity contribution is 8.14. The molecule has 2 saturated heterocycles. The monoisotopic (exact) mass is 356 g/mol. The van der Waals surface area contributed by atoms with Crippen molar-refractivity contribution in [1.82, 2.24) is 20.4 Å². The molecule has 0 saturated carbocycles. The van der Waals surface area contributed by atoms with Crippen LogP contribution >= 0.6 is 11.8 Å². The minimum absolute atomic E-state index is 0.0343. The van der Waals surface area contributed by atoms with Gasteiger partial charge in [-0.3, -0.25) is 28.9 Å². The van der Waals surface area contributed by atoms with Gasteiger partial charge in [0.15, 0.2) is 0 Å². The molecule has 10 heteroatoms. The minimum Gasteiger partial charge on any atom is -0.348 e. The molecular formula is C14H20N4O5S. The number of carbonyl (C=O) groups is 5. The van der Waals surface area contributed by atoms with Crippen LogP contribution in [0, 0.1) is 0 Å². The topological polar surface area (TPSA) is 116 Å². The molecule has 0 bridgehead atoms. The molecule has 0 atom stereocenters. The number of likely N-dealkylation sites (tertiary alicyclic amines) is 1. The Morgan fingerprint density at radius 3 is 2.29 bits per heavy atom. The maximum absolute atomic E-state index is 11.6. The van der Waals surface area contributed by atoms with Gasteiger partial charge in [-0.1, -0.05) is 11.8 Å². The molecule has 2 rings (SSSR count). The first-order valence-corrected chi connectivity index (χ1v) is 8.78. The van der Waals surface area contributed by atoms with Gasteiger partial charge in [0.2, 0.25) is 11.8 Å². The van der Waals surface area contributed by atoms with Crippen LogP contribution in [-0.4, -0.2) is 77.1 Å². The predicted molar refractivity (Wildman–Crippen MR) is 86.0 cm³/mol. The summed E-state index contributed by atoms with van der Waals surface area (Å²) in [6.07, 6.45) is 2.03. The molecule has 2 fully saturated rings. The van der Waals surface area contributed by atoms with Crippen molar-refractivity contribution < 1.29 is 24.0 Å². The summed E-state index contributed by atoms with van der Waals surface area (Å²) in [6, 6.07) is 0. The highest BCUT2D eigenvalue weighted by atomic mass is 32.2. The molecule has 0 aliphatic carbocycles. The first kappa shape index (κ1) is 18.2. The molecule has 2 aliphatic rings. The van der Waals surface area contributed by atoms with Crippen LogP contribution in [0.3, 0.4) is 0 Å². The molecule has 0 aromatic heterocycles. The normalized spacial score (nSPS) is 17.6. The SMILES string of the molecule is O=C(NCCCN1CCCC1=O)C(=O)NCCN1C(=O)CSC1=O. The Labute approximate surface area is 143 Å². The fourth-order valence-corrected chi connectivity index (χ4v) is 3.20. The minimum atomic E-state index is -0.806. The van der Waals surface area contributed by atoms with Gasteiger partial charge >= 0.3 is 11.8 Å². The zero-order valence-corrected chi connectivity index (χ0v) is 14.0. The van der Waals surface area contributed by atoms with E-state index >= 15 is 0 Å². The van der Waals surface area contributed by atoms with E-state index in [9.17, 15) is 24.0 Å². The number of amides is 5. The van der Waals surface area contributed by atoms with Crippen molar-refractivity contribution in [2.75, 3.05) is 38.5 Å². The molecule has 132 valence electrons. The van der Waals surface area contributed by atoms with Crippen molar-refractivity contribution in [3.63, 3.8) is 0 Å². The van der Waals surface area contributed by atoms with Crippen molar-refractivity contribution in [2.24, 2.45) is 0 Å². The number of thioether (sulfide) groups is 1. The maximum Gasteiger partial charge on any atom is 0.309 e. The van der Waals surface area contributed by atoms with Gasteiger partial charge in [-0.05, 0) is 12.8 Å². The molecular weight excluding hydrogens is 336 g/mol. The lowest BCUT2D eigenvalue weighted by Gasteiger charge is -2.15. The summed E-state index contributed by atoms with van der Waals surface area (Å²) >= 11 is 0.920. The van der Waals surface area contributed by atoms with E-state index in [2.05, 4.69) is 10.6 Å². The van der Waals surface area contributed by atoms with E-state index in [-0.39, 0.29) is 35.9 Å². The number of imide groups is 1. The highest BCUT2D eigenvalue weighted by Gasteiger charge is 2.29. The average Bonchev–Trinajstić information content (AvgIpc) is 3.10. The molecule has 0 spiro atoms. The van der Waals surface area contributed by atoms with Crippen LogP contribution in [0.1, 0.15) is 19.3 Å². The van der Waals surface area contributed by atoms with Crippen LogP contribution < -0.4 is 10.6 Å². The number of carbonyl (C=O) groups excluding carboxylic acids is 5. The molecule has 24 heavy (non-hydrogen) atoms. The third-order valence-corrected chi connectivity index (χ3v) is 4.59. The largest absolute Gasteiger partial charge is 0.348 e. The van der Waals surface area contributed by atoms with Gasteiger partial charge in [-0.25, -0.2) is 0 Å². The zero-order chi connectivity index (χ0) is 17.5. The van der Waals surface area contributed by atoms with E-state index in [0.29, 0.717) is 25.9 Å². The summed E-state index contributed by atoms with van der Waals surface area (Å²) < 4.78 is 0. The van der Waals surface area contributed by atoms with Crippen molar-refractivity contribution in [1.29, 1.82) is 0 Å². The van der Waals surface area contributed by atoms with Gasteiger partial charge in [0, 0.05) is 39.1 Å². The van der Waals surface area contributed by atoms with Crippen LogP contribution in [0.15, 0.2) is 0 Å². The lowest BCUT2D eigenvalue weighted by Crippen LogP contribution is -2.44. The van der Waals surface area contributed by atoms with Crippen LogP contribution in [0.25, 0.3) is 0 Å². The molecule has 9 nitrogen and oxygen atoms in total. The summed E-state index contributed by atoms with van der Waals surface area (Å²) in [4.78, 5) is 60.1. The Bertz CT molecular complexity index is 537. The fraction of sp³-hybridized carbons (Fsp3) is 0.643. The van der Waals surface area contributed by atoms with E-state index in [1.54, 1.807) is 4.90 Å². The third kappa shape index (κ3) is 4.95. The van der Waals surface area contributed by atoms with Crippen molar-refractivity contribution in [3.05, 3.63) is 0 Å². The van der Waals surface area contributed by atoms with E-state index in [1.807, 2.05) is 0 Å². The molecule has 2 N–H and O–H groups in total. The quantitative estimate of drug-likeness (QED) is 0.443. The standard InChI is InChI=1S/C14H20N4O5S/c19-10-3-1-6-17(10)7-2-4-15-12(21)13(22)16-5-8-18-11(20)9-24-14(18)23/h1-9H2,(H,15,21)(H,16,22). The van der Waals surface area contributed by atoms with Crippen molar-refractivity contribution >= 4 is 40.6 Å². The molecule has 2 heterocycles. The molecule has 0 aromatic rings. The summed E-state index contributed by atoms with van der Waals surface area (Å²) in [5.41, 5.74) is 0. The Kier molecular flexibility index (Phi) is 6.59. The third-order valence-electron chi connectivity index (χ3n) is 3.73. The molecule has 0 unspecified atom stereocenters. The lowest BCUT2D eigenvalue weighted by molar-refractivity contribution is -0.139. The van der Waals surface area contributed by atoms with E-state index in [0.717, 1.165) is 29.6 Å². The van der Waals surface area contributed by atoms with Crippen molar-refractivity contribution in [2.45, 2.75) is 19.3 Å². The van der Waals surface area contributed by atoms with Crippen LogP contribution in [0.5, 0.6) is 0 Å². The van der Waals surface area contributed by atoms with E-state index in [4.69, 9.17) is 0 Å². The van der Waals surface area contributed by atoms with Gasteiger partial charge < -0.3 is 15.5 Å². The summed E-state index contributed by atoms with van der Waals surface area (Å²) in [7, 11) is 0. The van der Waals surface area contributed by atoms with Crippen LogP contribution in [-0.2, 0) is 19.2 Å². The van der Waals surface area contributed by atoms with Crippen LogP contribution in [0.2, 0.25) is 0 Å². The van der Waals surface area contributed by atoms with Crippen molar-refractivity contribution in [3.8, 4) is 0 Å². The molecule has 0 radical (unpaired) electrons. The highest BCUT2D eigenvalue weighted by Crippen LogP contribution is 2.17. The summed E-state index contributed by atoms with van der Waals surface area (Å²) in [5, 5.41) is 4.51. The van der Waals surface area contributed by atoms with Gasteiger partial charge in [0.05, 0.1) is 5.75 Å². The zero-order valence-electron chi connectivity index (χ0n) is 13.2. The van der Waals surface area contributed by atoms with Gasteiger partial charge in [-0.2, -0.15) is 0 Å². The van der Waals surface area contributed by atoms with E-state index < -0.39 is 11.8 Å². The first-order valence-electron chi connectivity index (χ1n) is 7.80. The average molecular weight is 356 g/mol. The second-order valence-electron chi connectivity index (χ2n) is 5.45.